The lowest BCUT2D eigenvalue weighted by molar-refractivity contribution is 0.661. The summed E-state index contributed by atoms with van der Waals surface area (Å²) in [5, 5.41) is 5.10. The Balaban J connectivity index is 1.15. The Morgan fingerprint density at radius 3 is 1.48 bits per heavy atom. The van der Waals surface area contributed by atoms with Crippen molar-refractivity contribution in [2.45, 2.75) is 19.3 Å². The van der Waals surface area contributed by atoms with Gasteiger partial charge >= 0.3 is 0 Å². The first-order chi connectivity index (χ1) is 23.5. The predicted molar refractivity (Wildman–Crippen MR) is 205 cm³/mol. The number of fused-ring (bicyclic) bond motifs is 5. The van der Waals surface area contributed by atoms with Gasteiger partial charge in [0.05, 0.1) is 0 Å². The van der Waals surface area contributed by atoms with Gasteiger partial charge < -0.3 is 4.90 Å². The van der Waals surface area contributed by atoms with E-state index in [-0.39, 0.29) is 5.41 Å². The van der Waals surface area contributed by atoms with E-state index in [1.54, 1.807) is 0 Å². The van der Waals surface area contributed by atoms with Crippen molar-refractivity contribution in [1.29, 1.82) is 0 Å². The van der Waals surface area contributed by atoms with Gasteiger partial charge in [-0.05, 0) is 121 Å². The molecule has 9 rings (SSSR count). The number of rotatable bonds is 5. The molecule has 0 atom stereocenters. The van der Waals surface area contributed by atoms with Gasteiger partial charge in [-0.1, -0.05) is 135 Å². The van der Waals surface area contributed by atoms with Crippen LogP contribution in [0.4, 0.5) is 17.1 Å². The van der Waals surface area contributed by atoms with Crippen molar-refractivity contribution < 1.29 is 0 Å². The highest BCUT2D eigenvalue weighted by Gasteiger charge is 2.36. The maximum Gasteiger partial charge on any atom is 0.0465 e. The molecule has 1 aliphatic rings. The fourth-order valence-corrected chi connectivity index (χ4v) is 7.60. The van der Waals surface area contributed by atoms with Crippen molar-refractivity contribution >= 4 is 38.6 Å². The van der Waals surface area contributed by atoms with Crippen LogP contribution in [0.25, 0.3) is 54.9 Å². The summed E-state index contributed by atoms with van der Waals surface area (Å²) in [6.07, 6.45) is 0. The van der Waals surface area contributed by atoms with Gasteiger partial charge in [0.1, 0.15) is 0 Å². The fourth-order valence-electron chi connectivity index (χ4n) is 7.60. The van der Waals surface area contributed by atoms with E-state index < -0.39 is 0 Å². The van der Waals surface area contributed by atoms with E-state index in [1.165, 1.54) is 66.1 Å². The lowest BCUT2D eigenvalue weighted by Crippen LogP contribution is -2.16. The van der Waals surface area contributed by atoms with Crippen LogP contribution in [0.3, 0.4) is 0 Å². The molecule has 0 bridgehead atoms. The highest BCUT2D eigenvalue weighted by molar-refractivity contribution is 5.95. The average molecular weight is 614 g/mol. The number of anilines is 3. The summed E-state index contributed by atoms with van der Waals surface area (Å²) >= 11 is 0. The number of hydrogen-bond donors (Lipinski definition) is 0. The molecule has 1 heteroatoms. The molecule has 1 aliphatic carbocycles. The zero-order valence-corrected chi connectivity index (χ0v) is 27.2. The molecular formula is C47H35N. The third-order valence-electron chi connectivity index (χ3n) is 10.2. The minimum absolute atomic E-state index is 0.118. The Hall–Kier alpha value is -5.92. The minimum atomic E-state index is -0.118. The van der Waals surface area contributed by atoms with E-state index in [9.17, 15) is 0 Å². The Kier molecular flexibility index (Phi) is 6.55. The summed E-state index contributed by atoms with van der Waals surface area (Å²) in [6, 6.07) is 64.4. The Bertz CT molecular complexity index is 2450. The van der Waals surface area contributed by atoms with Crippen molar-refractivity contribution in [3.05, 3.63) is 187 Å². The smallest absolute Gasteiger partial charge is 0.0465 e. The average Bonchev–Trinajstić information content (AvgIpc) is 3.36. The molecule has 1 nitrogen and oxygen atoms in total. The molecule has 0 unspecified atom stereocenters. The molecule has 48 heavy (non-hydrogen) atoms. The normalized spacial score (nSPS) is 13.0. The second-order valence-corrected chi connectivity index (χ2v) is 13.5. The minimum Gasteiger partial charge on any atom is -0.310 e. The molecule has 0 amide bonds. The molecule has 0 fully saturated rings. The highest BCUT2D eigenvalue weighted by Crippen LogP contribution is 2.51. The van der Waals surface area contributed by atoms with Crippen molar-refractivity contribution in [1.82, 2.24) is 0 Å². The van der Waals surface area contributed by atoms with Crippen LogP contribution in [0.2, 0.25) is 0 Å². The summed E-state index contributed by atoms with van der Waals surface area (Å²) in [4.78, 5) is 2.40. The number of benzene rings is 8. The maximum absolute atomic E-state index is 2.42. The van der Waals surface area contributed by atoms with Crippen molar-refractivity contribution in [3.8, 4) is 33.4 Å². The second-order valence-electron chi connectivity index (χ2n) is 13.5. The standard InChI is InChI=1S/C47H35N/c1-47(2)45-30-38-15-9-8-14-37(38)29-44(45)43-27-26-42(31-46(43)47)48(40-22-18-34(19-23-40)32-10-4-3-5-11-32)41-24-20-35(21-25-41)39-17-16-33-12-6-7-13-36(33)28-39/h3-31H,1-2H3. The zero-order chi connectivity index (χ0) is 32.2. The van der Waals surface area contributed by atoms with E-state index in [4.69, 9.17) is 0 Å². The topological polar surface area (TPSA) is 3.24 Å². The summed E-state index contributed by atoms with van der Waals surface area (Å²) in [7, 11) is 0. The van der Waals surface area contributed by atoms with E-state index in [0.717, 1.165) is 17.1 Å². The molecular weight excluding hydrogens is 579 g/mol. The molecule has 0 aromatic heterocycles. The number of nitrogens with zero attached hydrogens (tertiary/aromatic N) is 1. The predicted octanol–water partition coefficient (Wildman–Crippen LogP) is 13.1. The van der Waals surface area contributed by atoms with Crippen LogP contribution in [0, 0.1) is 0 Å². The van der Waals surface area contributed by atoms with Gasteiger partial charge in [0.2, 0.25) is 0 Å². The van der Waals surface area contributed by atoms with E-state index in [0.29, 0.717) is 0 Å². The van der Waals surface area contributed by atoms with Crippen molar-refractivity contribution in [2.75, 3.05) is 4.90 Å². The van der Waals surface area contributed by atoms with Gasteiger partial charge in [0, 0.05) is 22.5 Å². The zero-order valence-electron chi connectivity index (χ0n) is 27.2. The Labute approximate surface area is 282 Å². The summed E-state index contributed by atoms with van der Waals surface area (Å²) < 4.78 is 0. The van der Waals surface area contributed by atoms with Crippen LogP contribution in [0.1, 0.15) is 25.0 Å². The molecule has 0 saturated heterocycles. The van der Waals surface area contributed by atoms with Crippen LogP contribution in [-0.4, -0.2) is 0 Å². The molecule has 0 N–H and O–H groups in total. The first-order valence-corrected chi connectivity index (χ1v) is 16.8. The van der Waals surface area contributed by atoms with Crippen LogP contribution in [0.5, 0.6) is 0 Å². The SMILES string of the molecule is CC1(C)c2cc(N(c3ccc(-c4ccccc4)cc3)c3ccc(-c4ccc5ccccc5c4)cc3)ccc2-c2cc3ccccc3cc21. The fraction of sp³-hybridized carbons (Fsp3) is 0.0638. The van der Waals surface area contributed by atoms with Crippen molar-refractivity contribution in [2.24, 2.45) is 0 Å². The Morgan fingerprint density at radius 2 is 0.812 bits per heavy atom. The second kappa shape index (κ2) is 11.1. The van der Waals surface area contributed by atoms with Gasteiger partial charge in [-0.15, -0.1) is 0 Å². The molecule has 0 aliphatic heterocycles. The van der Waals surface area contributed by atoms with Gasteiger partial charge in [-0.2, -0.15) is 0 Å². The lowest BCUT2D eigenvalue weighted by atomic mass is 9.81. The van der Waals surface area contributed by atoms with Crippen LogP contribution in [0.15, 0.2) is 176 Å². The molecule has 0 saturated carbocycles. The third-order valence-corrected chi connectivity index (χ3v) is 10.2. The van der Waals surface area contributed by atoms with Gasteiger partial charge in [-0.3, -0.25) is 0 Å². The molecule has 0 radical (unpaired) electrons. The van der Waals surface area contributed by atoms with Crippen LogP contribution in [-0.2, 0) is 5.41 Å². The van der Waals surface area contributed by atoms with Gasteiger partial charge in [0.15, 0.2) is 0 Å². The Morgan fingerprint density at radius 1 is 0.333 bits per heavy atom. The van der Waals surface area contributed by atoms with Crippen LogP contribution < -0.4 is 4.90 Å². The molecule has 0 spiro atoms. The highest BCUT2D eigenvalue weighted by atomic mass is 15.1. The van der Waals surface area contributed by atoms with E-state index in [1.807, 2.05) is 0 Å². The largest absolute Gasteiger partial charge is 0.310 e. The first-order valence-electron chi connectivity index (χ1n) is 16.8. The van der Waals surface area contributed by atoms with E-state index in [2.05, 4.69) is 195 Å². The molecule has 228 valence electrons. The molecule has 0 heterocycles. The first kappa shape index (κ1) is 28.3. The molecule has 8 aromatic rings. The quantitative estimate of drug-likeness (QED) is 0.187. The summed E-state index contributed by atoms with van der Waals surface area (Å²) in [5.41, 5.74) is 13.6. The van der Waals surface area contributed by atoms with Crippen LogP contribution >= 0.6 is 0 Å². The van der Waals surface area contributed by atoms with E-state index >= 15 is 0 Å². The summed E-state index contributed by atoms with van der Waals surface area (Å²) in [5.74, 6) is 0. The van der Waals surface area contributed by atoms with Gasteiger partial charge in [-0.25, -0.2) is 0 Å². The van der Waals surface area contributed by atoms with Crippen molar-refractivity contribution in [3.63, 3.8) is 0 Å². The van der Waals surface area contributed by atoms with Gasteiger partial charge in [0.25, 0.3) is 0 Å². The summed E-state index contributed by atoms with van der Waals surface area (Å²) in [6.45, 7) is 4.74. The molecule has 8 aromatic carbocycles. The maximum atomic E-state index is 2.42. The third kappa shape index (κ3) is 4.70. The number of hydrogen-bond acceptors (Lipinski definition) is 1. The lowest BCUT2D eigenvalue weighted by Gasteiger charge is -2.28. The monoisotopic (exact) mass is 613 g/mol.